The molecular weight excluding hydrogens is 320 g/mol. The smallest absolute Gasteiger partial charge is 0.328 e. The number of methoxy groups -OCH3 is 1. The summed E-state index contributed by atoms with van der Waals surface area (Å²) >= 11 is 0. The fraction of sp³-hybridized carbons (Fsp3) is 0.316. The third-order valence-electron chi connectivity index (χ3n) is 4.42. The number of amides is 2. The van der Waals surface area contributed by atoms with E-state index >= 15 is 0 Å². The molecule has 0 radical (unpaired) electrons. The molecule has 2 aromatic carbocycles. The lowest BCUT2D eigenvalue weighted by Gasteiger charge is -2.19. The van der Waals surface area contributed by atoms with Crippen molar-refractivity contribution in [2.45, 2.75) is 31.3 Å². The molecule has 2 N–H and O–H groups in total. The van der Waals surface area contributed by atoms with Crippen molar-refractivity contribution in [3.05, 3.63) is 48.0 Å². The SMILES string of the molecule is COC(=O)[C@@H](Cc1cccc2ccccc12)NC(=O)[C@H]1CCC(=O)N1. The largest absolute Gasteiger partial charge is 0.467 e. The molecule has 2 aromatic rings. The molecule has 2 amide bonds. The van der Waals surface area contributed by atoms with Gasteiger partial charge in [-0.05, 0) is 22.8 Å². The Labute approximate surface area is 145 Å². The molecule has 0 saturated carbocycles. The highest BCUT2D eigenvalue weighted by Gasteiger charge is 2.31. The van der Waals surface area contributed by atoms with Crippen LogP contribution in [0.2, 0.25) is 0 Å². The molecule has 1 aliphatic rings. The van der Waals surface area contributed by atoms with Gasteiger partial charge in [0.2, 0.25) is 11.8 Å². The summed E-state index contributed by atoms with van der Waals surface area (Å²) in [5.41, 5.74) is 0.948. The molecule has 2 atom stereocenters. The molecule has 25 heavy (non-hydrogen) atoms. The molecule has 1 aliphatic heterocycles. The Kier molecular flexibility index (Phi) is 4.97. The number of nitrogens with one attached hydrogen (secondary N) is 2. The second-order valence-corrected chi connectivity index (χ2v) is 6.09. The Bertz CT molecular complexity index is 813. The van der Waals surface area contributed by atoms with Gasteiger partial charge < -0.3 is 15.4 Å². The standard InChI is InChI=1S/C19H20N2O4/c1-25-19(24)16(21-18(23)15-9-10-17(22)20-15)11-13-7-4-6-12-5-2-3-8-14(12)13/h2-8,15-16H,9-11H2,1H3,(H,20,22)(H,21,23)/t15-,16-/m1/s1. The molecule has 6 nitrogen and oxygen atoms in total. The van der Waals surface area contributed by atoms with Crippen molar-refractivity contribution < 1.29 is 19.1 Å². The summed E-state index contributed by atoms with van der Waals surface area (Å²) in [7, 11) is 1.29. The zero-order chi connectivity index (χ0) is 17.8. The van der Waals surface area contributed by atoms with Gasteiger partial charge in [-0.15, -0.1) is 0 Å². The van der Waals surface area contributed by atoms with Crippen LogP contribution >= 0.6 is 0 Å². The maximum atomic E-state index is 12.3. The van der Waals surface area contributed by atoms with Crippen LogP contribution in [0.5, 0.6) is 0 Å². The average molecular weight is 340 g/mol. The number of rotatable bonds is 5. The molecule has 0 spiro atoms. The van der Waals surface area contributed by atoms with E-state index in [1.807, 2.05) is 42.5 Å². The van der Waals surface area contributed by atoms with E-state index in [1.165, 1.54) is 7.11 Å². The van der Waals surface area contributed by atoms with Crippen LogP contribution in [0, 0.1) is 0 Å². The highest BCUT2D eigenvalue weighted by molar-refractivity contribution is 5.93. The maximum Gasteiger partial charge on any atom is 0.328 e. The first-order chi connectivity index (χ1) is 12.1. The van der Waals surface area contributed by atoms with Crippen LogP contribution in [0.15, 0.2) is 42.5 Å². The summed E-state index contributed by atoms with van der Waals surface area (Å²) in [5.74, 6) is -1.02. The highest BCUT2D eigenvalue weighted by atomic mass is 16.5. The number of ether oxygens (including phenoxy) is 1. The van der Waals surface area contributed by atoms with Crippen LogP contribution in [-0.4, -0.2) is 37.0 Å². The van der Waals surface area contributed by atoms with Gasteiger partial charge in [-0.1, -0.05) is 42.5 Å². The molecule has 1 saturated heterocycles. The number of carbonyl (C=O) groups excluding carboxylic acids is 3. The van der Waals surface area contributed by atoms with E-state index in [0.717, 1.165) is 16.3 Å². The van der Waals surface area contributed by atoms with Crippen LogP contribution in [0.1, 0.15) is 18.4 Å². The molecule has 6 heteroatoms. The van der Waals surface area contributed by atoms with Gasteiger partial charge in [-0.3, -0.25) is 9.59 Å². The number of hydrogen-bond acceptors (Lipinski definition) is 4. The van der Waals surface area contributed by atoms with E-state index in [0.29, 0.717) is 19.3 Å². The normalized spacial score (nSPS) is 17.8. The summed E-state index contributed by atoms with van der Waals surface area (Å²) in [6, 6.07) is 12.3. The zero-order valence-electron chi connectivity index (χ0n) is 14.0. The van der Waals surface area contributed by atoms with Gasteiger partial charge >= 0.3 is 5.97 Å². The average Bonchev–Trinajstić information content (AvgIpc) is 3.07. The summed E-state index contributed by atoms with van der Waals surface area (Å²) in [5, 5.41) is 7.42. The first-order valence-electron chi connectivity index (χ1n) is 8.22. The summed E-state index contributed by atoms with van der Waals surface area (Å²) in [6.07, 6.45) is 1.08. The van der Waals surface area contributed by atoms with Crippen LogP contribution in [-0.2, 0) is 25.5 Å². The maximum absolute atomic E-state index is 12.3. The lowest BCUT2D eigenvalue weighted by molar-refractivity contribution is -0.145. The van der Waals surface area contributed by atoms with Gasteiger partial charge in [0.25, 0.3) is 0 Å². The molecule has 3 rings (SSSR count). The fourth-order valence-electron chi connectivity index (χ4n) is 3.11. The van der Waals surface area contributed by atoms with E-state index < -0.39 is 18.1 Å². The Morgan fingerprint density at radius 1 is 1.24 bits per heavy atom. The minimum atomic E-state index is -0.805. The Morgan fingerprint density at radius 2 is 2.00 bits per heavy atom. The quantitative estimate of drug-likeness (QED) is 0.804. The zero-order valence-corrected chi connectivity index (χ0v) is 14.0. The van der Waals surface area contributed by atoms with E-state index in [9.17, 15) is 14.4 Å². The number of benzene rings is 2. The molecule has 130 valence electrons. The van der Waals surface area contributed by atoms with Gasteiger partial charge in [-0.2, -0.15) is 0 Å². The van der Waals surface area contributed by atoms with Gasteiger partial charge in [0, 0.05) is 12.8 Å². The van der Waals surface area contributed by atoms with Gasteiger partial charge in [0.15, 0.2) is 0 Å². The molecule has 1 fully saturated rings. The second kappa shape index (κ2) is 7.34. The molecular formula is C19H20N2O4. The van der Waals surface area contributed by atoms with Crippen LogP contribution in [0.25, 0.3) is 10.8 Å². The molecule has 1 heterocycles. The number of carbonyl (C=O) groups is 3. The monoisotopic (exact) mass is 340 g/mol. The second-order valence-electron chi connectivity index (χ2n) is 6.09. The first-order valence-corrected chi connectivity index (χ1v) is 8.22. The minimum absolute atomic E-state index is 0.149. The van der Waals surface area contributed by atoms with Gasteiger partial charge in [-0.25, -0.2) is 4.79 Å². The van der Waals surface area contributed by atoms with Crippen molar-refractivity contribution in [2.75, 3.05) is 7.11 Å². The predicted molar refractivity (Wildman–Crippen MR) is 92.8 cm³/mol. The lowest BCUT2D eigenvalue weighted by atomic mass is 9.98. The summed E-state index contributed by atoms with van der Waals surface area (Å²) in [6.45, 7) is 0. The van der Waals surface area contributed by atoms with Crippen molar-refractivity contribution in [3.63, 3.8) is 0 Å². The molecule has 0 bridgehead atoms. The minimum Gasteiger partial charge on any atom is -0.467 e. The van der Waals surface area contributed by atoms with Crippen LogP contribution in [0.4, 0.5) is 0 Å². The van der Waals surface area contributed by atoms with E-state index in [4.69, 9.17) is 4.74 Å². The number of fused-ring (bicyclic) bond motifs is 1. The van der Waals surface area contributed by atoms with E-state index in [2.05, 4.69) is 10.6 Å². The molecule has 0 unspecified atom stereocenters. The van der Waals surface area contributed by atoms with Gasteiger partial charge in [0.1, 0.15) is 12.1 Å². The van der Waals surface area contributed by atoms with Crippen molar-refractivity contribution in [1.29, 1.82) is 0 Å². The topological polar surface area (TPSA) is 84.5 Å². The van der Waals surface area contributed by atoms with E-state index in [-0.39, 0.29) is 11.8 Å². The predicted octanol–water partition coefficient (Wildman–Crippen LogP) is 1.32. The lowest BCUT2D eigenvalue weighted by Crippen LogP contribution is -2.50. The third-order valence-corrected chi connectivity index (χ3v) is 4.42. The van der Waals surface area contributed by atoms with Gasteiger partial charge in [0.05, 0.1) is 7.11 Å². The third kappa shape index (κ3) is 3.79. The fourth-order valence-corrected chi connectivity index (χ4v) is 3.11. The van der Waals surface area contributed by atoms with Crippen molar-refractivity contribution in [1.82, 2.24) is 10.6 Å². The number of esters is 1. The summed E-state index contributed by atoms with van der Waals surface area (Å²) < 4.78 is 4.84. The summed E-state index contributed by atoms with van der Waals surface area (Å²) in [4.78, 5) is 35.8. The molecule has 0 aliphatic carbocycles. The Balaban J connectivity index is 1.80. The number of hydrogen-bond donors (Lipinski definition) is 2. The highest BCUT2D eigenvalue weighted by Crippen LogP contribution is 2.20. The van der Waals surface area contributed by atoms with Crippen molar-refractivity contribution >= 4 is 28.6 Å². The molecule has 0 aromatic heterocycles. The van der Waals surface area contributed by atoms with E-state index in [1.54, 1.807) is 0 Å². The Morgan fingerprint density at radius 3 is 2.72 bits per heavy atom. The van der Waals surface area contributed by atoms with Crippen molar-refractivity contribution in [3.8, 4) is 0 Å². The van der Waals surface area contributed by atoms with Crippen LogP contribution in [0.3, 0.4) is 0 Å². The van der Waals surface area contributed by atoms with Crippen molar-refractivity contribution in [2.24, 2.45) is 0 Å². The first kappa shape index (κ1) is 17.0. The Hall–Kier alpha value is -2.89. The van der Waals surface area contributed by atoms with Crippen LogP contribution < -0.4 is 10.6 Å².